The number of halogens is 2. The predicted molar refractivity (Wildman–Crippen MR) is 55.5 cm³/mol. The van der Waals surface area contributed by atoms with Crippen LogP contribution < -0.4 is 10.6 Å². The van der Waals surface area contributed by atoms with Crippen LogP contribution in [0.3, 0.4) is 0 Å². The summed E-state index contributed by atoms with van der Waals surface area (Å²) in [5.74, 6) is -3.36. The Hall–Kier alpha value is -2.02. The van der Waals surface area contributed by atoms with E-state index in [2.05, 4.69) is 10.6 Å². The number of hydrogen-bond acceptors (Lipinski definition) is 3. The summed E-state index contributed by atoms with van der Waals surface area (Å²) in [5.41, 5.74) is -0.159. The first kappa shape index (κ1) is 13.0. The van der Waals surface area contributed by atoms with E-state index < -0.39 is 23.5 Å². The molecule has 0 heterocycles. The fourth-order valence-electron chi connectivity index (χ4n) is 1.07. The van der Waals surface area contributed by atoms with Crippen molar-refractivity contribution >= 4 is 17.6 Å². The number of carboxylic acid groups (broad SMARTS) is 1. The molecule has 0 fully saturated rings. The number of carbonyl (C=O) groups excluding carboxylic acids is 1. The Labute approximate surface area is 95.4 Å². The maximum Gasteiger partial charge on any atom is 0.317 e. The van der Waals surface area contributed by atoms with Gasteiger partial charge in [0.1, 0.15) is 11.6 Å². The lowest BCUT2D eigenvalue weighted by Crippen LogP contribution is -2.32. The molecule has 1 aromatic carbocycles. The van der Waals surface area contributed by atoms with E-state index in [1.54, 1.807) is 0 Å². The van der Waals surface area contributed by atoms with Crippen LogP contribution in [0.2, 0.25) is 0 Å². The molecular formula is C10H10F2N2O3. The summed E-state index contributed by atoms with van der Waals surface area (Å²) in [6.45, 7) is -0.650. The van der Waals surface area contributed by atoms with Crippen LogP contribution >= 0.6 is 0 Å². The van der Waals surface area contributed by atoms with Crippen molar-refractivity contribution < 1.29 is 23.5 Å². The fraction of sp³-hybridized carbons (Fsp3) is 0.200. The van der Waals surface area contributed by atoms with Gasteiger partial charge in [0.15, 0.2) is 0 Å². The normalized spacial score (nSPS) is 10.0. The van der Waals surface area contributed by atoms with E-state index in [-0.39, 0.29) is 18.8 Å². The van der Waals surface area contributed by atoms with E-state index in [0.717, 1.165) is 12.1 Å². The largest absolute Gasteiger partial charge is 0.480 e. The maximum atomic E-state index is 13.1. The van der Waals surface area contributed by atoms with Gasteiger partial charge < -0.3 is 10.4 Å². The van der Waals surface area contributed by atoms with E-state index >= 15 is 0 Å². The SMILES string of the molecule is O=C(O)CNCC(=O)Nc1ccc(F)cc1F. The summed E-state index contributed by atoms with van der Waals surface area (Å²) in [6, 6.07) is 2.73. The zero-order chi connectivity index (χ0) is 12.8. The molecular weight excluding hydrogens is 234 g/mol. The lowest BCUT2D eigenvalue weighted by Gasteiger charge is -2.06. The molecule has 0 saturated carbocycles. The number of aliphatic carboxylic acids is 1. The molecule has 0 aromatic heterocycles. The first-order chi connectivity index (χ1) is 7.99. The fourth-order valence-corrected chi connectivity index (χ4v) is 1.07. The lowest BCUT2D eigenvalue weighted by molar-refractivity contribution is -0.135. The van der Waals surface area contributed by atoms with Crippen molar-refractivity contribution in [3.63, 3.8) is 0 Å². The van der Waals surface area contributed by atoms with Gasteiger partial charge in [-0.15, -0.1) is 0 Å². The number of carbonyl (C=O) groups is 2. The van der Waals surface area contributed by atoms with Gasteiger partial charge in [0, 0.05) is 6.07 Å². The Kier molecular flexibility index (Phi) is 4.53. The third-order valence-corrected chi connectivity index (χ3v) is 1.77. The number of nitrogens with one attached hydrogen (secondary N) is 2. The van der Waals surface area contributed by atoms with Crippen molar-refractivity contribution in [2.24, 2.45) is 0 Å². The van der Waals surface area contributed by atoms with E-state index in [0.29, 0.717) is 6.07 Å². The van der Waals surface area contributed by atoms with Gasteiger partial charge >= 0.3 is 5.97 Å². The highest BCUT2D eigenvalue weighted by Gasteiger charge is 2.08. The molecule has 5 nitrogen and oxygen atoms in total. The van der Waals surface area contributed by atoms with Crippen molar-refractivity contribution in [1.82, 2.24) is 5.32 Å². The number of hydrogen-bond donors (Lipinski definition) is 3. The van der Waals surface area contributed by atoms with Crippen molar-refractivity contribution in [3.8, 4) is 0 Å². The second-order valence-electron chi connectivity index (χ2n) is 3.17. The summed E-state index contributed by atoms with van der Waals surface area (Å²) in [5, 5.41) is 12.8. The van der Waals surface area contributed by atoms with Crippen LogP contribution in [0.1, 0.15) is 0 Å². The molecule has 1 rings (SSSR count). The number of amides is 1. The second-order valence-corrected chi connectivity index (χ2v) is 3.17. The molecule has 1 amide bonds. The molecule has 0 aliphatic carbocycles. The average Bonchev–Trinajstić information content (AvgIpc) is 2.21. The maximum absolute atomic E-state index is 13.1. The van der Waals surface area contributed by atoms with Crippen LogP contribution in [0.4, 0.5) is 14.5 Å². The molecule has 1 aromatic rings. The van der Waals surface area contributed by atoms with Crippen molar-refractivity contribution in [2.45, 2.75) is 0 Å². The summed E-state index contributed by atoms with van der Waals surface area (Å²) in [4.78, 5) is 21.3. The summed E-state index contributed by atoms with van der Waals surface area (Å²) >= 11 is 0. The molecule has 0 unspecified atom stereocenters. The van der Waals surface area contributed by atoms with Gasteiger partial charge in [-0.1, -0.05) is 0 Å². The third-order valence-electron chi connectivity index (χ3n) is 1.77. The molecule has 0 spiro atoms. The Balaban J connectivity index is 2.48. The van der Waals surface area contributed by atoms with Gasteiger partial charge in [-0.2, -0.15) is 0 Å². The summed E-state index contributed by atoms with van der Waals surface area (Å²) in [7, 11) is 0. The van der Waals surface area contributed by atoms with Gasteiger partial charge in [-0.25, -0.2) is 8.78 Å². The molecule has 0 aliphatic heterocycles. The number of benzene rings is 1. The first-order valence-electron chi connectivity index (χ1n) is 4.66. The van der Waals surface area contributed by atoms with E-state index in [4.69, 9.17) is 5.11 Å². The topological polar surface area (TPSA) is 78.4 Å². The van der Waals surface area contributed by atoms with Crippen molar-refractivity contribution in [3.05, 3.63) is 29.8 Å². The zero-order valence-electron chi connectivity index (χ0n) is 8.67. The van der Waals surface area contributed by atoms with Crippen LogP contribution in [-0.4, -0.2) is 30.1 Å². The van der Waals surface area contributed by atoms with Gasteiger partial charge in [0.25, 0.3) is 0 Å². The van der Waals surface area contributed by atoms with Gasteiger partial charge in [-0.3, -0.25) is 14.9 Å². The molecule has 7 heteroatoms. The van der Waals surface area contributed by atoms with Crippen LogP contribution in [0.25, 0.3) is 0 Å². The standard InChI is InChI=1S/C10H10F2N2O3/c11-6-1-2-8(7(12)3-6)14-9(15)4-13-5-10(16)17/h1-3,13H,4-5H2,(H,14,15)(H,16,17). The molecule has 0 saturated heterocycles. The van der Waals surface area contributed by atoms with E-state index in [1.807, 2.05) is 0 Å². The summed E-state index contributed by atoms with van der Waals surface area (Å²) in [6.07, 6.45) is 0. The van der Waals surface area contributed by atoms with Gasteiger partial charge in [0.05, 0.1) is 18.8 Å². The van der Waals surface area contributed by atoms with Crippen molar-refractivity contribution in [1.29, 1.82) is 0 Å². The molecule has 17 heavy (non-hydrogen) atoms. The number of carboxylic acids is 1. The molecule has 0 atom stereocenters. The Morgan fingerprint density at radius 1 is 1.24 bits per heavy atom. The van der Waals surface area contributed by atoms with Crippen LogP contribution in [-0.2, 0) is 9.59 Å². The highest BCUT2D eigenvalue weighted by Crippen LogP contribution is 2.14. The highest BCUT2D eigenvalue weighted by atomic mass is 19.1. The summed E-state index contributed by atoms with van der Waals surface area (Å²) < 4.78 is 25.6. The quantitative estimate of drug-likeness (QED) is 0.707. The van der Waals surface area contributed by atoms with Gasteiger partial charge in [-0.05, 0) is 12.1 Å². The van der Waals surface area contributed by atoms with Crippen LogP contribution in [0.15, 0.2) is 18.2 Å². The lowest BCUT2D eigenvalue weighted by atomic mass is 10.3. The molecule has 92 valence electrons. The third kappa shape index (κ3) is 4.56. The van der Waals surface area contributed by atoms with Crippen LogP contribution in [0.5, 0.6) is 0 Å². The average molecular weight is 244 g/mol. The molecule has 3 N–H and O–H groups in total. The van der Waals surface area contributed by atoms with Crippen molar-refractivity contribution in [2.75, 3.05) is 18.4 Å². The van der Waals surface area contributed by atoms with Gasteiger partial charge in [0.2, 0.25) is 5.91 Å². The molecule has 0 bridgehead atoms. The minimum absolute atomic E-state index is 0.159. The van der Waals surface area contributed by atoms with E-state index in [9.17, 15) is 18.4 Å². The van der Waals surface area contributed by atoms with E-state index in [1.165, 1.54) is 0 Å². The molecule has 0 radical (unpaired) electrons. The predicted octanol–water partition coefficient (Wildman–Crippen LogP) is 0.578. The number of rotatable bonds is 5. The first-order valence-corrected chi connectivity index (χ1v) is 4.66. The number of anilines is 1. The highest BCUT2D eigenvalue weighted by molar-refractivity contribution is 5.92. The minimum atomic E-state index is -1.11. The minimum Gasteiger partial charge on any atom is -0.480 e. The van der Waals surface area contributed by atoms with Crippen LogP contribution in [0, 0.1) is 11.6 Å². The monoisotopic (exact) mass is 244 g/mol. The Morgan fingerprint density at radius 2 is 1.94 bits per heavy atom. The second kappa shape index (κ2) is 5.90. The Bertz CT molecular complexity index is 438. The molecule has 0 aliphatic rings. The zero-order valence-corrected chi connectivity index (χ0v) is 8.67. The smallest absolute Gasteiger partial charge is 0.317 e. The Morgan fingerprint density at radius 3 is 2.53 bits per heavy atom.